The Morgan fingerprint density at radius 2 is 0.932 bits per heavy atom. The van der Waals surface area contributed by atoms with Crippen LogP contribution in [0.25, 0.3) is 76.8 Å². The van der Waals surface area contributed by atoms with E-state index in [0.29, 0.717) is 0 Å². The first-order valence-corrected chi connectivity index (χ1v) is 21.3. The monoisotopic (exact) mass is 769 g/mol. The third-order valence-electron chi connectivity index (χ3n) is 12.8. The van der Waals surface area contributed by atoms with E-state index < -0.39 is 0 Å². The lowest BCUT2D eigenvalue weighted by Crippen LogP contribution is -2.15. The molecule has 0 bridgehead atoms. The molecule has 0 N–H and O–H groups in total. The molecule has 0 amide bonds. The average molecular weight is 770 g/mol. The first kappa shape index (κ1) is 34.2. The van der Waals surface area contributed by atoms with Crippen LogP contribution in [0.1, 0.15) is 25.0 Å². The SMILES string of the molecule is CC1(C)c2ccccc2-c2c1cc(-c1c3ccccc3c(-c3ccccc3)c3ccc(-c4ccc5c(c4)Sc4ccccc4N5c4ccccc4)cc13)c1ccccc21. The minimum Gasteiger partial charge on any atom is -0.308 e. The minimum absolute atomic E-state index is 0.140. The van der Waals surface area contributed by atoms with Crippen LogP contribution in [0.3, 0.4) is 0 Å². The molecule has 0 aromatic heterocycles. The first-order valence-electron chi connectivity index (χ1n) is 20.5. The number of nitrogens with zero attached hydrogens (tertiary/aromatic N) is 1. The summed E-state index contributed by atoms with van der Waals surface area (Å²) in [6, 6.07) is 74.4. The van der Waals surface area contributed by atoms with Gasteiger partial charge >= 0.3 is 0 Å². The number of hydrogen-bond donors (Lipinski definition) is 0. The molecule has 278 valence electrons. The average Bonchev–Trinajstić information content (AvgIpc) is 3.53. The summed E-state index contributed by atoms with van der Waals surface area (Å²) in [5, 5.41) is 7.66. The minimum atomic E-state index is -0.140. The zero-order chi connectivity index (χ0) is 39.2. The van der Waals surface area contributed by atoms with Gasteiger partial charge in [0.15, 0.2) is 0 Å². The van der Waals surface area contributed by atoms with Gasteiger partial charge in [-0.25, -0.2) is 0 Å². The van der Waals surface area contributed by atoms with Crippen molar-refractivity contribution in [3.63, 3.8) is 0 Å². The number of rotatable bonds is 4. The van der Waals surface area contributed by atoms with Gasteiger partial charge in [0.2, 0.25) is 0 Å². The molecule has 0 atom stereocenters. The molecule has 2 aliphatic rings. The fraction of sp³-hybridized carbons (Fsp3) is 0.0526. The maximum Gasteiger partial charge on any atom is 0.0602 e. The molecule has 12 rings (SSSR count). The topological polar surface area (TPSA) is 3.24 Å². The highest BCUT2D eigenvalue weighted by Crippen LogP contribution is 2.56. The summed E-state index contributed by atoms with van der Waals surface area (Å²) in [7, 11) is 0. The lowest BCUT2D eigenvalue weighted by Gasteiger charge is -2.33. The van der Waals surface area contributed by atoms with Gasteiger partial charge in [0.05, 0.1) is 11.4 Å². The highest BCUT2D eigenvalue weighted by Gasteiger charge is 2.37. The van der Waals surface area contributed by atoms with Crippen LogP contribution in [-0.4, -0.2) is 0 Å². The normalized spacial score (nSPS) is 13.6. The molecule has 1 heterocycles. The molecule has 10 aromatic rings. The summed E-state index contributed by atoms with van der Waals surface area (Å²) in [5.74, 6) is 0. The van der Waals surface area contributed by atoms with Crippen molar-refractivity contribution in [2.24, 2.45) is 0 Å². The van der Waals surface area contributed by atoms with Crippen LogP contribution in [0, 0.1) is 0 Å². The fourth-order valence-electron chi connectivity index (χ4n) is 10.1. The van der Waals surface area contributed by atoms with Crippen molar-refractivity contribution in [2.75, 3.05) is 4.90 Å². The molecular weight excluding hydrogens is 731 g/mol. The van der Waals surface area contributed by atoms with Gasteiger partial charge < -0.3 is 4.90 Å². The smallest absolute Gasteiger partial charge is 0.0602 e. The zero-order valence-electron chi connectivity index (χ0n) is 32.9. The fourth-order valence-corrected chi connectivity index (χ4v) is 11.2. The molecule has 1 aliphatic heterocycles. The van der Waals surface area contributed by atoms with Crippen molar-refractivity contribution in [1.29, 1.82) is 0 Å². The molecule has 59 heavy (non-hydrogen) atoms. The zero-order valence-corrected chi connectivity index (χ0v) is 33.7. The van der Waals surface area contributed by atoms with E-state index in [4.69, 9.17) is 0 Å². The van der Waals surface area contributed by atoms with Crippen LogP contribution in [0.5, 0.6) is 0 Å². The molecule has 0 unspecified atom stereocenters. The quantitative estimate of drug-likeness (QED) is 0.164. The van der Waals surface area contributed by atoms with Crippen molar-refractivity contribution in [2.45, 2.75) is 29.1 Å². The molecule has 2 heteroatoms. The molecule has 10 aromatic carbocycles. The van der Waals surface area contributed by atoms with Gasteiger partial charge in [-0.2, -0.15) is 0 Å². The molecule has 1 aliphatic carbocycles. The van der Waals surface area contributed by atoms with Gasteiger partial charge in [-0.05, 0) is 136 Å². The maximum absolute atomic E-state index is 2.54. The highest BCUT2D eigenvalue weighted by atomic mass is 32.2. The second-order valence-electron chi connectivity index (χ2n) is 16.4. The van der Waals surface area contributed by atoms with Gasteiger partial charge in [0.25, 0.3) is 0 Å². The lowest BCUT2D eigenvalue weighted by atomic mass is 9.78. The molecular formula is C57H39NS. The van der Waals surface area contributed by atoms with Crippen molar-refractivity contribution in [3.8, 4) is 44.5 Å². The van der Waals surface area contributed by atoms with Crippen LogP contribution in [0.2, 0.25) is 0 Å². The molecule has 0 fully saturated rings. The first-order chi connectivity index (χ1) is 29.0. The number of fused-ring (bicyclic) bond motifs is 9. The second kappa shape index (κ2) is 13.1. The maximum atomic E-state index is 2.54. The van der Waals surface area contributed by atoms with Gasteiger partial charge in [0, 0.05) is 20.9 Å². The van der Waals surface area contributed by atoms with E-state index in [1.165, 1.54) is 109 Å². The van der Waals surface area contributed by atoms with Crippen molar-refractivity contribution < 1.29 is 0 Å². The van der Waals surface area contributed by atoms with E-state index in [1.807, 2.05) is 11.8 Å². The number of benzene rings is 10. The Bertz CT molecular complexity index is 3330. The van der Waals surface area contributed by atoms with Gasteiger partial charge in [0.1, 0.15) is 0 Å². The Kier molecular flexibility index (Phi) is 7.58. The molecule has 0 saturated heterocycles. The van der Waals surface area contributed by atoms with E-state index in [0.717, 1.165) is 5.69 Å². The lowest BCUT2D eigenvalue weighted by molar-refractivity contribution is 0.661. The van der Waals surface area contributed by atoms with Crippen LogP contribution >= 0.6 is 11.8 Å². The summed E-state index contributed by atoms with van der Waals surface area (Å²) in [6.07, 6.45) is 0. The number of hydrogen-bond acceptors (Lipinski definition) is 2. The summed E-state index contributed by atoms with van der Waals surface area (Å²) in [4.78, 5) is 4.91. The molecule has 0 spiro atoms. The Morgan fingerprint density at radius 1 is 0.356 bits per heavy atom. The summed E-state index contributed by atoms with van der Waals surface area (Å²) < 4.78 is 0. The van der Waals surface area contributed by atoms with E-state index in [2.05, 4.69) is 219 Å². The molecule has 0 saturated carbocycles. The Balaban J connectivity index is 1.14. The Labute approximate surface area is 349 Å². The predicted octanol–water partition coefficient (Wildman–Crippen LogP) is 16.4. The highest BCUT2D eigenvalue weighted by molar-refractivity contribution is 7.99. The van der Waals surface area contributed by atoms with E-state index >= 15 is 0 Å². The van der Waals surface area contributed by atoms with Gasteiger partial charge in [-0.1, -0.05) is 177 Å². The Hall–Kier alpha value is -6.87. The standard InChI is InChI=1S/C57H39NS/c1-57(2)48-26-14-13-25-45(48)56-41-22-10-9-21-40(41)47(35-49(56)57)55-43-24-12-11-23-42(43)54(36-17-5-3-6-18-36)44-31-29-37(33-46(44)55)38-30-32-51-53(34-38)59-52-28-16-15-27-50(52)58(51)39-19-7-4-8-20-39/h3-35H,1-2H3. The van der Waals surface area contributed by atoms with Gasteiger partial charge in [-0.3, -0.25) is 0 Å². The second-order valence-corrected chi connectivity index (χ2v) is 17.5. The van der Waals surface area contributed by atoms with Crippen molar-refractivity contribution in [3.05, 3.63) is 211 Å². The number of anilines is 3. The van der Waals surface area contributed by atoms with Crippen LogP contribution in [-0.2, 0) is 5.41 Å². The largest absolute Gasteiger partial charge is 0.308 e. The van der Waals surface area contributed by atoms with Crippen molar-refractivity contribution >= 4 is 61.1 Å². The van der Waals surface area contributed by atoms with Crippen LogP contribution in [0.4, 0.5) is 17.1 Å². The Morgan fingerprint density at radius 3 is 1.73 bits per heavy atom. The summed E-state index contributed by atoms with van der Waals surface area (Å²) >= 11 is 1.86. The summed E-state index contributed by atoms with van der Waals surface area (Å²) in [6.45, 7) is 4.79. The van der Waals surface area contributed by atoms with E-state index in [-0.39, 0.29) is 5.41 Å². The van der Waals surface area contributed by atoms with E-state index in [9.17, 15) is 0 Å². The molecule has 0 radical (unpaired) electrons. The van der Waals surface area contributed by atoms with E-state index in [1.54, 1.807) is 0 Å². The molecule has 1 nitrogen and oxygen atoms in total. The summed E-state index contributed by atoms with van der Waals surface area (Å²) in [5.41, 5.74) is 16.5. The third-order valence-corrected chi connectivity index (χ3v) is 13.9. The number of para-hydroxylation sites is 2. The van der Waals surface area contributed by atoms with Crippen LogP contribution < -0.4 is 4.90 Å². The van der Waals surface area contributed by atoms with Gasteiger partial charge in [-0.15, -0.1) is 0 Å². The van der Waals surface area contributed by atoms with Crippen molar-refractivity contribution in [1.82, 2.24) is 0 Å². The van der Waals surface area contributed by atoms with Crippen LogP contribution in [0.15, 0.2) is 210 Å². The third kappa shape index (κ3) is 5.13. The predicted molar refractivity (Wildman–Crippen MR) is 252 cm³/mol.